The maximum atomic E-state index is 11.5. The van der Waals surface area contributed by atoms with Crippen molar-refractivity contribution < 1.29 is 4.79 Å². The summed E-state index contributed by atoms with van der Waals surface area (Å²) in [6, 6.07) is 5.79. The summed E-state index contributed by atoms with van der Waals surface area (Å²) in [5, 5.41) is 9.30. The van der Waals surface area contributed by atoms with Crippen molar-refractivity contribution in [3.8, 4) is 0 Å². The van der Waals surface area contributed by atoms with E-state index >= 15 is 0 Å². The molecule has 2 rings (SSSR count). The zero-order chi connectivity index (χ0) is 14.9. The average molecular weight is 289 g/mol. The molecular weight excluding hydrogens is 266 g/mol. The average Bonchev–Trinajstić information content (AvgIpc) is 3.34. The molecule has 0 radical (unpaired) electrons. The van der Waals surface area contributed by atoms with Gasteiger partial charge in [0.15, 0.2) is 5.96 Å². The van der Waals surface area contributed by atoms with Crippen LogP contribution in [-0.4, -0.2) is 36.5 Å². The Kier molecular flexibility index (Phi) is 5.99. The number of carbonyl (C=O) groups is 1. The summed E-state index contributed by atoms with van der Waals surface area (Å²) < 4.78 is 0. The molecule has 114 valence electrons. The topological polar surface area (TPSA) is 78.4 Å². The van der Waals surface area contributed by atoms with E-state index in [1.54, 1.807) is 6.20 Å². The first-order chi connectivity index (χ1) is 10.3. The summed E-state index contributed by atoms with van der Waals surface area (Å²) in [6.07, 6.45) is 3.83. The van der Waals surface area contributed by atoms with Gasteiger partial charge in [-0.15, -0.1) is 0 Å². The van der Waals surface area contributed by atoms with Crippen LogP contribution in [0.15, 0.2) is 29.4 Å². The summed E-state index contributed by atoms with van der Waals surface area (Å²) in [4.78, 5) is 20.2. The van der Waals surface area contributed by atoms with Gasteiger partial charge in [-0.2, -0.15) is 0 Å². The lowest BCUT2D eigenvalue weighted by atomic mass is 10.3. The van der Waals surface area contributed by atoms with Crippen molar-refractivity contribution >= 4 is 11.9 Å². The number of hydrogen-bond acceptors (Lipinski definition) is 3. The minimum Gasteiger partial charge on any atom is -0.357 e. The molecule has 0 atom stereocenters. The molecule has 1 fully saturated rings. The number of aliphatic imine (C=N–C) groups is 1. The van der Waals surface area contributed by atoms with Crippen molar-refractivity contribution in [3.63, 3.8) is 0 Å². The van der Waals surface area contributed by atoms with Crippen LogP contribution in [0, 0.1) is 5.92 Å². The summed E-state index contributed by atoms with van der Waals surface area (Å²) in [6.45, 7) is 4.62. The molecule has 1 amide bonds. The number of amides is 1. The van der Waals surface area contributed by atoms with E-state index < -0.39 is 0 Å². The number of nitrogens with one attached hydrogen (secondary N) is 3. The van der Waals surface area contributed by atoms with Gasteiger partial charge in [0.05, 0.1) is 12.2 Å². The molecule has 1 aliphatic rings. The summed E-state index contributed by atoms with van der Waals surface area (Å²) in [5.74, 6) is 1.17. The van der Waals surface area contributed by atoms with Gasteiger partial charge in [-0.1, -0.05) is 6.07 Å². The Labute approximate surface area is 125 Å². The Morgan fingerprint density at radius 2 is 2.10 bits per heavy atom. The lowest BCUT2D eigenvalue weighted by Gasteiger charge is -2.11. The molecule has 1 aromatic heterocycles. The highest BCUT2D eigenvalue weighted by Gasteiger charge is 2.28. The van der Waals surface area contributed by atoms with Gasteiger partial charge in [-0.3, -0.25) is 9.78 Å². The lowest BCUT2D eigenvalue weighted by Crippen LogP contribution is -2.41. The highest BCUT2D eigenvalue weighted by atomic mass is 16.2. The van der Waals surface area contributed by atoms with Gasteiger partial charge in [0.2, 0.25) is 5.91 Å². The first-order valence-corrected chi connectivity index (χ1v) is 7.49. The van der Waals surface area contributed by atoms with Crippen LogP contribution in [0.5, 0.6) is 0 Å². The number of aromatic nitrogens is 1. The maximum Gasteiger partial charge on any atom is 0.223 e. The Morgan fingerprint density at radius 3 is 2.76 bits per heavy atom. The van der Waals surface area contributed by atoms with Crippen molar-refractivity contribution in [1.82, 2.24) is 20.9 Å². The van der Waals surface area contributed by atoms with Crippen molar-refractivity contribution in [2.24, 2.45) is 10.9 Å². The van der Waals surface area contributed by atoms with Crippen LogP contribution in [0.4, 0.5) is 0 Å². The number of nitrogens with zero attached hydrogens (tertiary/aromatic N) is 2. The molecule has 6 heteroatoms. The van der Waals surface area contributed by atoms with Crippen LogP contribution in [-0.2, 0) is 11.3 Å². The van der Waals surface area contributed by atoms with Gasteiger partial charge in [0, 0.05) is 31.7 Å². The molecule has 1 aromatic rings. The largest absolute Gasteiger partial charge is 0.357 e. The van der Waals surface area contributed by atoms with Gasteiger partial charge >= 0.3 is 0 Å². The molecule has 21 heavy (non-hydrogen) atoms. The SMILES string of the molecule is CCNC(=NCc1ccccn1)NCCNC(=O)C1CC1. The van der Waals surface area contributed by atoms with Crippen molar-refractivity contribution in [2.45, 2.75) is 26.3 Å². The Morgan fingerprint density at radius 1 is 1.29 bits per heavy atom. The van der Waals surface area contributed by atoms with Gasteiger partial charge in [0.25, 0.3) is 0 Å². The fourth-order valence-corrected chi connectivity index (χ4v) is 1.85. The smallest absolute Gasteiger partial charge is 0.223 e. The van der Waals surface area contributed by atoms with E-state index in [0.29, 0.717) is 19.6 Å². The highest BCUT2D eigenvalue weighted by molar-refractivity contribution is 5.81. The first kappa shape index (κ1) is 15.3. The molecule has 3 N–H and O–H groups in total. The van der Waals surface area contributed by atoms with Crippen LogP contribution in [0.25, 0.3) is 0 Å². The summed E-state index contributed by atoms with van der Waals surface area (Å²) in [5.41, 5.74) is 0.928. The van der Waals surface area contributed by atoms with Crippen LogP contribution in [0.2, 0.25) is 0 Å². The Hall–Kier alpha value is -2.11. The number of guanidine groups is 1. The Bertz CT molecular complexity index is 470. The third-order valence-electron chi connectivity index (χ3n) is 3.13. The molecule has 0 aromatic carbocycles. The van der Waals surface area contributed by atoms with Gasteiger partial charge < -0.3 is 16.0 Å². The van der Waals surface area contributed by atoms with E-state index in [1.165, 1.54) is 0 Å². The Balaban J connectivity index is 1.71. The molecule has 1 heterocycles. The number of pyridine rings is 1. The summed E-state index contributed by atoms with van der Waals surface area (Å²) >= 11 is 0. The van der Waals surface area contributed by atoms with Crippen LogP contribution >= 0.6 is 0 Å². The zero-order valence-electron chi connectivity index (χ0n) is 12.4. The molecule has 0 bridgehead atoms. The van der Waals surface area contributed by atoms with E-state index in [4.69, 9.17) is 0 Å². The van der Waals surface area contributed by atoms with Crippen molar-refractivity contribution in [2.75, 3.05) is 19.6 Å². The van der Waals surface area contributed by atoms with E-state index in [0.717, 1.165) is 31.0 Å². The quantitative estimate of drug-likeness (QED) is 0.391. The van der Waals surface area contributed by atoms with Crippen molar-refractivity contribution in [1.29, 1.82) is 0 Å². The maximum absolute atomic E-state index is 11.5. The molecule has 0 spiro atoms. The second-order valence-corrected chi connectivity index (χ2v) is 5.01. The third-order valence-corrected chi connectivity index (χ3v) is 3.13. The lowest BCUT2D eigenvalue weighted by molar-refractivity contribution is -0.122. The summed E-state index contributed by atoms with van der Waals surface area (Å²) in [7, 11) is 0. The second-order valence-electron chi connectivity index (χ2n) is 5.01. The molecule has 0 aliphatic heterocycles. The molecule has 6 nitrogen and oxygen atoms in total. The molecule has 0 unspecified atom stereocenters. The highest BCUT2D eigenvalue weighted by Crippen LogP contribution is 2.28. The first-order valence-electron chi connectivity index (χ1n) is 7.49. The number of hydrogen-bond donors (Lipinski definition) is 3. The minimum absolute atomic E-state index is 0.173. The normalized spacial score (nSPS) is 14.6. The molecule has 1 aliphatic carbocycles. The van der Waals surface area contributed by atoms with Crippen molar-refractivity contribution in [3.05, 3.63) is 30.1 Å². The van der Waals surface area contributed by atoms with E-state index in [-0.39, 0.29) is 11.8 Å². The fourth-order valence-electron chi connectivity index (χ4n) is 1.85. The van der Waals surface area contributed by atoms with Gasteiger partial charge in [-0.05, 0) is 31.9 Å². The van der Waals surface area contributed by atoms with Gasteiger partial charge in [-0.25, -0.2) is 4.99 Å². The monoisotopic (exact) mass is 289 g/mol. The molecular formula is C15H23N5O. The van der Waals surface area contributed by atoms with Crippen LogP contribution in [0.3, 0.4) is 0 Å². The minimum atomic E-state index is 0.173. The third kappa shape index (κ3) is 5.81. The predicted molar refractivity (Wildman–Crippen MR) is 82.8 cm³/mol. The second kappa shape index (κ2) is 8.24. The van der Waals surface area contributed by atoms with E-state index in [9.17, 15) is 4.79 Å². The van der Waals surface area contributed by atoms with Crippen LogP contribution in [0.1, 0.15) is 25.5 Å². The van der Waals surface area contributed by atoms with Gasteiger partial charge in [0.1, 0.15) is 0 Å². The molecule has 1 saturated carbocycles. The standard InChI is InChI=1S/C15H23N5O/c1-2-16-15(20-11-13-5-3-4-8-17-13)19-10-9-18-14(21)12-6-7-12/h3-5,8,12H,2,6-7,9-11H2,1H3,(H,18,21)(H2,16,19,20). The van der Waals surface area contributed by atoms with E-state index in [2.05, 4.69) is 25.9 Å². The number of rotatable bonds is 7. The molecule has 0 saturated heterocycles. The number of carbonyl (C=O) groups excluding carboxylic acids is 1. The van der Waals surface area contributed by atoms with E-state index in [1.807, 2.05) is 25.1 Å². The van der Waals surface area contributed by atoms with Crippen LogP contribution < -0.4 is 16.0 Å². The fraction of sp³-hybridized carbons (Fsp3) is 0.533. The zero-order valence-corrected chi connectivity index (χ0v) is 12.4. The predicted octanol–water partition coefficient (Wildman–Crippen LogP) is 0.663.